The van der Waals surface area contributed by atoms with Crippen molar-refractivity contribution in [2.45, 2.75) is 62.5 Å². The van der Waals surface area contributed by atoms with Gasteiger partial charge in [-0.2, -0.15) is 16.9 Å². The molecular formula is C42H44F2N6O2S2. The molecule has 1 aliphatic heterocycles. The van der Waals surface area contributed by atoms with Gasteiger partial charge in [0.25, 0.3) is 0 Å². The van der Waals surface area contributed by atoms with E-state index in [9.17, 15) is 4.79 Å². The van der Waals surface area contributed by atoms with Crippen LogP contribution in [0, 0.1) is 11.6 Å². The SMILES string of the molecule is Cn1nc2nc1-c1cc(ccc1F)Oc1c(F)cc3c(ccn3SC3C=CCCC3)c1CC(N)=CC=NCCSCCC2(C)c1cccc(CCC=O)c1. The quantitative estimate of drug-likeness (QED) is 0.136. The van der Waals surface area contributed by atoms with Crippen molar-refractivity contribution in [2.24, 2.45) is 17.8 Å². The number of hydrogen-bond acceptors (Lipinski definition) is 8. The summed E-state index contributed by atoms with van der Waals surface area (Å²) in [6, 6.07) is 16.0. The third-order valence-electron chi connectivity index (χ3n) is 10.1. The number of halogens is 2. The molecule has 0 spiro atoms. The van der Waals surface area contributed by atoms with E-state index in [1.54, 1.807) is 53.8 Å². The molecule has 3 heterocycles. The molecule has 4 bridgehead atoms. The number of nitrogens with zero attached hydrogens (tertiary/aromatic N) is 5. The molecule has 0 radical (unpaired) electrons. The first-order valence-corrected chi connectivity index (χ1v) is 20.3. The molecule has 7 rings (SSSR count). The Bertz CT molecular complexity index is 2250. The van der Waals surface area contributed by atoms with Crippen LogP contribution in [0.2, 0.25) is 0 Å². The molecule has 2 aliphatic rings. The Labute approximate surface area is 323 Å². The third kappa shape index (κ3) is 8.19. The van der Waals surface area contributed by atoms with Crippen molar-refractivity contribution in [2.75, 3.05) is 18.1 Å². The number of aryl methyl sites for hydroxylation is 2. The van der Waals surface area contributed by atoms with E-state index in [0.29, 0.717) is 54.0 Å². The van der Waals surface area contributed by atoms with Crippen LogP contribution in [0.5, 0.6) is 11.5 Å². The van der Waals surface area contributed by atoms with Crippen molar-refractivity contribution in [1.82, 2.24) is 18.7 Å². The zero-order chi connectivity index (χ0) is 37.7. The van der Waals surface area contributed by atoms with Crippen LogP contribution < -0.4 is 10.5 Å². The first-order chi connectivity index (χ1) is 26.2. The first-order valence-electron chi connectivity index (χ1n) is 18.3. The molecule has 12 heteroatoms. The Morgan fingerprint density at radius 2 is 2.02 bits per heavy atom. The molecule has 54 heavy (non-hydrogen) atoms. The maximum absolute atomic E-state index is 16.3. The number of aliphatic imine (C=N–C) groups is 1. The van der Waals surface area contributed by atoms with Crippen LogP contribution in [0.15, 0.2) is 89.7 Å². The van der Waals surface area contributed by atoms with Gasteiger partial charge in [0.05, 0.1) is 16.5 Å². The number of hydrogen-bond donors (Lipinski definition) is 1. The summed E-state index contributed by atoms with van der Waals surface area (Å²) in [4.78, 5) is 20.7. The lowest BCUT2D eigenvalue weighted by molar-refractivity contribution is -0.107. The fraction of sp³-hybridized carbons (Fsp3) is 0.333. The van der Waals surface area contributed by atoms with E-state index in [0.717, 1.165) is 59.1 Å². The topological polar surface area (TPSA) is 100 Å². The van der Waals surface area contributed by atoms with Gasteiger partial charge in [0.1, 0.15) is 17.9 Å². The highest BCUT2D eigenvalue weighted by atomic mass is 32.2. The number of aromatic nitrogens is 4. The van der Waals surface area contributed by atoms with E-state index in [1.807, 2.05) is 28.4 Å². The van der Waals surface area contributed by atoms with Gasteiger partial charge in [0.15, 0.2) is 23.2 Å². The number of carbonyl (C=O) groups is 1. The van der Waals surface area contributed by atoms with Crippen LogP contribution in [0.4, 0.5) is 8.78 Å². The van der Waals surface area contributed by atoms with E-state index in [-0.39, 0.29) is 23.5 Å². The average molecular weight is 767 g/mol. The summed E-state index contributed by atoms with van der Waals surface area (Å²) in [6.45, 7) is 2.71. The van der Waals surface area contributed by atoms with E-state index in [1.165, 1.54) is 18.2 Å². The fourth-order valence-corrected chi connectivity index (χ4v) is 9.17. The number of benzene rings is 3. The maximum Gasteiger partial charge on any atom is 0.168 e. The molecular weight excluding hydrogens is 723 g/mol. The highest BCUT2D eigenvalue weighted by Crippen LogP contribution is 2.41. The van der Waals surface area contributed by atoms with Gasteiger partial charge in [0, 0.05) is 72.6 Å². The second kappa shape index (κ2) is 16.8. The van der Waals surface area contributed by atoms with Crippen molar-refractivity contribution < 1.29 is 18.3 Å². The zero-order valence-electron chi connectivity index (χ0n) is 30.5. The first kappa shape index (κ1) is 37.6. The highest BCUT2D eigenvalue weighted by Gasteiger charge is 2.34. The predicted octanol–water partition coefficient (Wildman–Crippen LogP) is 9.14. The zero-order valence-corrected chi connectivity index (χ0v) is 32.1. The Morgan fingerprint density at radius 3 is 2.85 bits per heavy atom. The number of carbonyl (C=O) groups excluding carboxylic acids is 1. The summed E-state index contributed by atoms with van der Waals surface area (Å²) < 4.78 is 42.1. The Hall–Kier alpha value is -4.68. The molecule has 5 aromatic rings. The Balaban J connectivity index is 1.31. The molecule has 0 saturated heterocycles. The molecule has 0 saturated carbocycles. The summed E-state index contributed by atoms with van der Waals surface area (Å²) >= 11 is 3.45. The van der Waals surface area contributed by atoms with Crippen LogP contribution in [-0.2, 0) is 30.1 Å². The van der Waals surface area contributed by atoms with Crippen LogP contribution in [-0.4, -0.2) is 54.5 Å². The molecule has 2 N–H and O–H groups in total. The smallest absolute Gasteiger partial charge is 0.168 e. The standard InChI is InChI=1S/C42H44F2N6O2S2/c1-42(29-10-6-8-28(24-29)9-7-21-51)17-22-53-23-19-46-18-15-30(45)25-34-33-16-20-50(54-32-11-4-3-5-12-32)38(33)27-37(44)39(34)52-31-13-14-36(43)35(26-31)40-47-41(42)48-49(40)2/h4,6,8,10-11,13-16,18,20-21,24,26-27,32H,3,5,7,9,12,17,19,22-23,25,45H2,1-2H3. The molecule has 0 amide bonds. The van der Waals surface area contributed by atoms with Gasteiger partial charge in [-0.1, -0.05) is 36.4 Å². The van der Waals surface area contributed by atoms with Crippen molar-refractivity contribution in [1.29, 1.82) is 0 Å². The van der Waals surface area contributed by atoms with E-state index < -0.39 is 17.0 Å². The van der Waals surface area contributed by atoms with Crippen molar-refractivity contribution in [3.05, 3.63) is 119 Å². The van der Waals surface area contributed by atoms with Gasteiger partial charge in [-0.3, -0.25) is 8.96 Å². The molecule has 2 unspecified atom stereocenters. The largest absolute Gasteiger partial charge is 0.454 e. The van der Waals surface area contributed by atoms with E-state index in [2.05, 4.69) is 36.2 Å². The summed E-state index contributed by atoms with van der Waals surface area (Å²) in [5, 5.41) is 5.98. The lowest BCUT2D eigenvalue weighted by Crippen LogP contribution is -2.27. The Kier molecular flexibility index (Phi) is 11.7. The van der Waals surface area contributed by atoms with E-state index >= 15 is 8.78 Å². The summed E-state index contributed by atoms with van der Waals surface area (Å²) in [5.74, 6) is 1.70. The van der Waals surface area contributed by atoms with E-state index in [4.69, 9.17) is 20.6 Å². The molecule has 2 aromatic heterocycles. The predicted molar refractivity (Wildman–Crippen MR) is 217 cm³/mol. The molecule has 0 fully saturated rings. The third-order valence-corrected chi connectivity index (χ3v) is 12.3. The summed E-state index contributed by atoms with van der Waals surface area (Å²) in [6.07, 6.45) is 16.0. The summed E-state index contributed by atoms with van der Waals surface area (Å²) in [7, 11) is 1.74. The van der Waals surface area contributed by atoms with Crippen LogP contribution in [0.3, 0.4) is 0 Å². The van der Waals surface area contributed by atoms with Gasteiger partial charge in [-0.25, -0.2) is 18.4 Å². The van der Waals surface area contributed by atoms with Crippen LogP contribution >= 0.6 is 23.7 Å². The lowest BCUT2D eigenvalue weighted by Gasteiger charge is -2.28. The van der Waals surface area contributed by atoms with Gasteiger partial charge >= 0.3 is 0 Å². The number of thioether (sulfide) groups is 1. The van der Waals surface area contributed by atoms with Crippen molar-refractivity contribution in [3.63, 3.8) is 0 Å². The van der Waals surface area contributed by atoms with Crippen LogP contribution in [0.25, 0.3) is 22.3 Å². The number of ether oxygens (including phenoxy) is 1. The molecule has 3 aromatic carbocycles. The minimum absolute atomic E-state index is 0.0279. The van der Waals surface area contributed by atoms with Crippen LogP contribution in [0.1, 0.15) is 61.5 Å². The Morgan fingerprint density at radius 1 is 1.13 bits per heavy atom. The minimum atomic E-state index is -0.624. The number of rotatable bonds is 6. The van der Waals surface area contributed by atoms with Gasteiger partial charge in [-0.05, 0) is 98.2 Å². The molecule has 1 aliphatic carbocycles. The average Bonchev–Trinajstić information content (AvgIpc) is 3.76. The van der Waals surface area contributed by atoms with Crippen molar-refractivity contribution in [3.8, 4) is 22.9 Å². The summed E-state index contributed by atoms with van der Waals surface area (Å²) in [5.41, 5.74) is 10.0. The highest BCUT2D eigenvalue weighted by molar-refractivity contribution is 7.99. The monoisotopic (exact) mass is 766 g/mol. The number of aldehydes is 1. The van der Waals surface area contributed by atoms with Gasteiger partial charge in [-0.15, -0.1) is 0 Å². The molecule has 280 valence electrons. The normalized spacial score (nSPS) is 19.6. The lowest BCUT2D eigenvalue weighted by atomic mass is 9.78. The fourth-order valence-electron chi connectivity index (χ4n) is 7.04. The van der Waals surface area contributed by atoms with Gasteiger partial charge in [0.2, 0.25) is 0 Å². The van der Waals surface area contributed by atoms with Gasteiger partial charge < -0.3 is 15.3 Å². The number of allylic oxidation sites excluding steroid dienone is 3. The molecule has 8 nitrogen and oxygen atoms in total. The number of fused-ring (bicyclic) bond motifs is 8. The second-order valence-corrected chi connectivity index (χ2v) is 16.4. The molecule has 2 atom stereocenters. The minimum Gasteiger partial charge on any atom is -0.454 e. The maximum atomic E-state index is 16.3. The number of nitrogens with two attached hydrogens (primary N) is 1. The second-order valence-electron chi connectivity index (χ2n) is 13.9. The van der Waals surface area contributed by atoms with Crippen molar-refractivity contribution >= 4 is 47.1 Å².